The van der Waals surface area contributed by atoms with Gasteiger partial charge < -0.3 is 14.7 Å². The number of aliphatic hydroxyl groups excluding tert-OH is 1. The summed E-state index contributed by atoms with van der Waals surface area (Å²) < 4.78 is 5.28. The second-order valence-corrected chi connectivity index (χ2v) is 5.86. The van der Waals surface area contributed by atoms with Gasteiger partial charge in [-0.2, -0.15) is 5.26 Å². The number of nitrogens with zero attached hydrogens (tertiary/aromatic N) is 2. The first-order chi connectivity index (χ1) is 7.83. The van der Waals surface area contributed by atoms with Gasteiger partial charge in [-0.25, -0.2) is 4.79 Å². The minimum absolute atomic E-state index is 0.275. The molecule has 0 aromatic rings. The number of rotatable bonds is 1. The van der Waals surface area contributed by atoms with E-state index in [0.717, 1.165) is 6.42 Å². The van der Waals surface area contributed by atoms with Crippen LogP contribution in [0.1, 0.15) is 27.2 Å². The molecule has 0 spiro atoms. The third kappa shape index (κ3) is 2.37. The summed E-state index contributed by atoms with van der Waals surface area (Å²) in [5.41, 5.74) is -0.550. The second kappa shape index (κ2) is 3.88. The molecule has 5 heteroatoms. The molecule has 1 amide bonds. The summed E-state index contributed by atoms with van der Waals surface area (Å²) in [4.78, 5) is 13.5. The number of fused-ring (bicyclic) bond motifs is 1. The molecule has 2 rings (SSSR count). The van der Waals surface area contributed by atoms with E-state index in [2.05, 4.69) is 0 Å². The number of hydrogen-bond donors (Lipinski definition) is 1. The summed E-state index contributed by atoms with van der Waals surface area (Å²) in [5, 5.41) is 18.4. The molecule has 1 N–H and O–H groups in total. The van der Waals surface area contributed by atoms with Gasteiger partial charge in [0.2, 0.25) is 0 Å². The van der Waals surface area contributed by atoms with Gasteiger partial charge in [-0.3, -0.25) is 0 Å². The van der Waals surface area contributed by atoms with Crippen molar-refractivity contribution in [1.29, 1.82) is 5.26 Å². The van der Waals surface area contributed by atoms with Crippen molar-refractivity contribution in [2.75, 3.05) is 6.54 Å². The van der Waals surface area contributed by atoms with Gasteiger partial charge in [0, 0.05) is 6.54 Å². The molecule has 1 aliphatic carbocycles. The first-order valence-electron chi connectivity index (χ1n) is 5.91. The number of carbonyl (C=O) groups is 1. The largest absolute Gasteiger partial charge is 0.444 e. The monoisotopic (exact) mass is 238 g/mol. The van der Waals surface area contributed by atoms with Gasteiger partial charge in [0.15, 0.2) is 6.10 Å². The lowest BCUT2D eigenvalue weighted by molar-refractivity contribution is 0.00695. The minimum atomic E-state index is -1.11. The smallest absolute Gasteiger partial charge is 0.410 e. The van der Waals surface area contributed by atoms with E-state index in [1.807, 2.05) is 6.07 Å². The number of amides is 1. The Hall–Kier alpha value is -1.28. The Morgan fingerprint density at radius 1 is 1.59 bits per heavy atom. The predicted molar refractivity (Wildman–Crippen MR) is 59.9 cm³/mol. The van der Waals surface area contributed by atoms with Crippen LogP contribution < -0.4 is 0 Å². The van der Waals surface area contributed by atoms with Crippen LogP contribution >= 0.6 is 0 Å². The predicted octanol–water partition coefficient (Wildman–Crippen LogP) is 1.13. The van der Waals surface area contributed by atoms with Gasteiger partial charge in [0.25, 0.3) is 0 Å². The van der Waals surface area contributed by atoms with Crippen molar-refractivity contribution in [2.24, 2.45) is 11.8 Å². The van der Waals surface area contributed by atoms with Gasteiger partial charge >= 0.3 is 6.09 Å². The van der Waals surface area contributed by atoms with Gasteiger partial charge in [-0.1, -0.05) is 0 Å². The molecule has 0 aromatic heterocycles. The molecule has 1 saturated heterocycles. The average molecular weight is 238 g/mol. The highest BCUT2D eigenvalue weighted by Gasteiger charge is 2.57. The fourth-order valence-electron chi connectivity index (χ4n) is 2.50. The van der Waals surface area contributed by atoms with E-state index >= 15 is 0 Å². The van der Waals surface area contributed by atoms with E-state index in [4.69, 9.17) is 10.00 Å². The molecule has 0 bridgehead atoms. The van der Waals surface area contributed by atoms with Crippen LogP contribution in [0, 0.1) is 23.2 Å². The zero-order valence-electron chi connectivity index (χ0n) is 10.4. The Balaban J connectivity index is 2.06. The van der Waals surface area contributed by atoms with Crippen molar-refractivity contribution in [2.45, 2.75) is 44.9 Å². The van der Waals surface area contributed by atoms with Gasteiger partial charge in [0.05, 0.1) is 12.1 Å². The summed E-state index contributed by atoms with van der Waals surface area (Å²) in [6, 6.07) is 1.43. The molecule has 2 fully saturated rings. The van der Waals surface area contributed by atoms with Crippen LogP contribution in [-0.2, 0) is 4.74 Å². The normalized spacial score (nSPS) is 32.6. The topological polar surface area (TPSA) is 73.6 Å². The molecule has 17 heavy (non-hydrogen) atoms. The standard InChI is InChI=1S/C12H18N2O3/c1-12(2,3)17-11(16)14-6-7-4-8(7)10(14)9(15)5-13/h7-10,15H,4,6H2,1-3H3. The number of nitriles is 1. The van der Waals surface area contributed by atoms with E-state index < -0.39 is 17.8 Å². The Labute approximate surface area is 101 Å². The van der Waals surface area contributed by atoms with Crippen LogP contribution in [0.15, 0.2) is 0 Å². The lowest BCUT2D eigenvalue weighted by Gasteiger charge is -2.30. The molecule has 2 aliphatic rings. The van der Waals surface area contributed by atoms with Crippen molar-refractivity contribution in [1.82, 2.24) is 4.90 Å². The number of aliphatic hydroxyl groups is 1. The van der Waals surface area contributed by atoms with Crippen molar-refractivity contribution in [3.8, 4) is 6.07 Å². The van der Waals surface area contributed by atoms with Crippen molar-refractivity contribution in [3.63, 3.8) is 0 Å². The number of ether oxygens (including phenoxy) is 1. The second-order valence-electron chi connectivity index (χ2n) is 5.86. The molecule has 1 aliphatic heterocycles. The molecule has 1 heterocycles. The number of hydrogen-bond acceptors (Lipinski definition) is 4. The molecular weight excluding hydrogens is 220 g/mol. The zero-order chi connectivity index (χ0) is 12.8. The lowest BCUT2D eigenvalue weighted by atomic mass is 10.1. The Morgan fingerprint density at radius 3 is 2.76 bits per heavy atom. The quantitative estimate of drug-likeness (QED) is 0.695. The Morgan fingerprint density at radius 2 is 2.24 bits per heavy atom. The lowest BCUT2D eigenvalue weighted by Crippen LogP contribution is -2.47. The fourth-order valence-corrected chi connectivity index (χ4v) is 2.50. The summed E-state index contributed by atoms with van der Waals surface area (Å²) in [7, 11) is 0. The maximum atomic E-state index is 11.9. The SMILES string of the molecule is CC(C)(C)OC(=O)N1CC2CC2C1C(O)C#N. The summed E-state index contributed by atoms with van der Waals surface area (Å²) in [5.74, 6) is 0.715. The first kappa shape index (κ1) is 12.2. The Kier molecular flexibility index (Phi) is 2.78. The molecule has 94 valence electrons. The van der Waals surface area contributed by atoms with Crippen LogP contribution in [0.5, 0.6) is 0 Å². The van der Waals surface area contributed by atoms with Crippen molar-refractivity contribution >= 4 is 6.09 Å². The maximum Gasteiger partial charge on any atom is 0.410 e. The average Bonchev–Trinajstić information content (AvgIpc) is 2.86. The number of piperidine rings is 1. The summed E-state index contributed by atoms with van der Waals surface area (Å²) >= 11 is 0. The molecular formula is C12H18N2O3. The highest BCUT2D eigenvalue weighted by Crippen LogP contribution is 2.50. The van der Waals surface area contributed by atoms with Crippen LogP contribution in [0.2, 0.25) is 0 Å². The minimum Gasteiger partial charge on any atom is -0.444 e. The number of likely N-dealkylation sites (tertiary alicyclic amines) is 1. The van der Waals surface area contributed by atoms with Gasteiger partial charge in [0.1, 0.15) is 5.60 Å². The Bertz CT molecular complexity index is 369. The van der Waals surface area contributed by atoms with E-state index in [0.29, 0.717) is 12.5 Å². The highest BCUT2D eigenvalue weighted by molar-refractivity contribution is 5.69. The van der Waals surface area contributed by atoms with E-state index in [9.17, 15) is 9.90 Å². The van der Waals surface area contributed by atoms with E-state index in [1.165, 1.54) is 4.90 Å². The highest BCUT2D eigenvalue weighted by atomic mass is 16.6. The van der Waals surface area contributed by atoms with Gasteiger partial charge in [-0.15, -0.1) is 0 Å². The molecule has 0 radical (unpaired) electrons. The van der Waals surface area contributed by atoms with Crippen molar-refractivity contribution in [3.05, 3.63) is 0 Å². The van der Waals surface area contributed by atoms with Crippen LogP contribution in [0.25, 0.3) is 0 Å². The molecule has 1 saturated carbocycles. The number of carbonyl (C=O) groups excluding carboxylic acids is 1. The van der Waals surface area contributed by atoms with E-state index in [1.54, 1.807) is 20.8 Å². The third-order valence-electron chi connectivity index (χ3n) is 3.29. The third-order valence-corrected chi connectivity index (χ3v) is 3.29. The van der Waals surface area contributed by atoms with Crippen LogP contribution in [-0.4, -0.2) is 40.4 Å². The molecule has 4 atom stereocenters. The fraction of sp³-hybridized carbons (Fsp3) is 0.833. The molecule has 4 unspecified atom stereocenters. The maximum absolute atomic E-state index is 11.9. The summed E-state index contributed by atoms with van der Waals surface area (Å²) in [6.07, 6.45) is -0.535. The zero-order valence-corrected chi connectivity index (χ0v) is 10.4. The van der Waals surface area contributed by atoms with Gasteiger partial charge in [-0.05, 0) is 39.0 Å². The molecule has 0 aromatic carbocycles. The van der Waals surface area contributed by atoms with Crippen LogP contribution in [0.3, 0.4) is 0 Å². The first-order valence-corrected chi connectivity index (χ1v) is 5.91. The molecule has 5 nitrogen and oxygen atoms in total. The van der Waals surface area contributed by atoms with Crippen LogP contribution in [0.4, 0.5) is 4.79 Å². The summed E-state index contributed by atoms with van der Waals surface area (Å²) in [6.45, 7) is 6.01. The van der Waals surface area contributed by atoms with E-state index in [-0.39, 0.29) is 12.0 Å². The van der Waals surface area contributed by atoms with Crippen molar-refractivity contribution < 1.29 is 14.6 Å².